The van der Waals surface area contributed by atoms with Crippen molar-refractivity contribution in [3.63, 3.8) is 0 Å². The van der Waals surface area contributed by atoms with Crippen LogP contribution in [0, 0.1) is 0 Å². The number of furan rings is 1. The van der Waals surface area contributed by atoms with E-state index in [9.17, 15) is 0 Å². The molecule has 2 heteroatoms. The number of fused-ring (bicyclic) bond motifs is 3. The van der Waals surface area contributed by atoms with Crippen LogP contribution in [0.5, 0.6) is 0 Å². The molecule has 0 unspecified atom stereocenters. The Morgan fingerprint density at radius 3 is 1.44 bits per heavy atom. The lowest BCUT2D eigenvalue weighted by Crippen LogP contribution is -2.12. The lowest BCUT2D eigenvalue weighted by molar-refractivity contribution is 0.568. The van der Waals surface area contributed by atoms with Crippen LogP contribution in [0.4, 0.5) is 17.1 Å². The highest BCUT2D eigenvalue weighted by Gasteiger charge is 2.26. The number of nitrogens with zero attached hydrogens (tertiary/aromatic N) is 1. The molecular formula is C50H39NO. The second-order valence-corrected chi connectivity index (χ2v) is 14.7. The Balaban J connectivity index is 1.15. The first kappa shape index (κ1) is 31.6. The molecule has 9 aromatic rings. The van der Waals surface area contributed by atoms with Crippen LogP contribution in [0.1, 0.15) is 26.3 Å². The third kappa shape index (κ3) is 5.83. The molecule has 0 aliphatic rings. The number of benzene rings is 8. The summed E-state index contributed by atoms with van der Waals surface area (Å²) < 4.78 is 6.63. The van der Waals surface area contributed by atoms with Gasteiger partial charge in [0.15, 0.2) is 0 Å². The molecule has 8 aromatic carbocycles. The Kier molecular flexibility index (Phi) is 7.74. The van der Waals surface area contributed by atoms with Crippen molar-refractivity contribution in [2.75, 3.05) is 4.90 Å². The Morgan fingerprint density at radius 2 is 0.885 bits per heavy atom. The van der Waals surface area contributed by atoms with Crippen molar-refractivity contribution in [2.24, 2.45) is 0 Å². The second kappa shape index (κ2) is 12.7. The molecule has 0 radical (unpaired) electrons. The summed E-state index contributed by atoms with van der Waals surface area (Å²) in [5.74, 6) is 0.925. The van der Waals surface area contributed by atoms with Crippen molar-refractivity contribution >= 4 is 49.6 Å². The first-order chi connectivity index (χ1) is 25.4. The summed E-state index contributed by atoms with van der Waals surface area (Å²) in [6.45, 7) is 6.79. The molecule has 52 heavy (non-hydrogen) atoms. The van der Waals surface area contributed by atoms with Gasteiger partial charge in [0.05, 0.1) is 0 Å². The largest absolute Gasteiger partial charge is 0.456 e. The number of hydrogen-bond acceptors (Lipinski definition) is 2. The van der Waals surface area contributed by atoms with E-state index < -0.39 is 0 Å². The molecule has 0 atom stereocenters. The zero-order valence-electron chi connectivity index (χ0n) is 29.7. The fourth-order valence-electron chi connectivity index (χ4n) is 7.57. The van der Waals surface area contributed by atoms with E-state index in [-0.39, 0.29) is 5.41 Å². The zero-order chi connectivity index (χ0) is 35.2. The van der Waals surface area contributed by atoms with Gasteiger partial charge in [-0.15, -0.1) is 0 Å². The fourth-order valence-corrected chi connectivity index (χ4v) is 7.57. The standard InChI is InChI=1S/C50H39NO/c1-50(2,3)48-46-17-8-9-18-47(46)52-49(48)42-15-10-16-45(33-42)51(43-27-23-36(24-28-43)40-21-19-34-11-4-6-13-38(34)31-40)44-29-25-37(26-30-44)41-22-20-35-12-5-7-14-39(35)32-41/h4-33H,1-3H3. The minimum atomic E-state index is -0.102. The van der Waals surface area contributed by atoms with Gasteiger partial charge in [-0.2, -0.15) is 0 Å². The summed E-state index contributed by atoms with van der Waals surface area (Å²) >= 11 is 0. The molecule has 0 aliphatic carbocycles. The maximum absolute atomic E-state index is 6.63. The number of rotatable bonds is 6. The van der Waals surface area contributed by atoms with Gasteiger partial charge in [-0.05, 0) is 104 Å². The average molecular weight is 670 g/mol. The van der Waals surface area contributed by atoms with Gasteiger partial charge < -0.3 is 9.32 Å². The lowest BCUT2D eigenvalue weighted by atomic mass is 9.83. The molecule has 0 spiro atoms. The first-order valence-corrected chi connectivity index (χ1v) is 18.0. The van der Waals surface area contributed by atoms with Crippen molar-refractivity contribution in [2.45, 2.75) is 26.2 Å². The van der Waals surface area contributed by atoms with E-state index in [0.717, 1.165) is 34.0 Å². The summed E-state index contributed by atoms with van der Waals surface area (Å²) in [5.41, 5.74) is 11.1. The Hall–Kier alpha value is -6.38. The zero-order valence-corrected chi connectivity index (χ0v) is 29.7. The summed E-state index contributed by atoms with van der Waals surface area (Å²) in [6.07, 6.45) is 0. The molecule has 250 valence electrons. The molecule has 9 rings (SSSR count). The van der Waals surface area contributed by atoms with Gasteiger partial charge in [-0.3, -0.25) is 0 Å². The monoisotopic (exact) mass is 669 g/mol. The van der Waals surface area contributed by atoms with E-state index in [0.29, 0.717) is 0 Å². The van der Waals surface area contributed by atoms with Gasteiger partial charge in [-0.25, -0.2) is 0 Å². The minimum Gasteiger partial charge on any atom is -0.456 e. The Morgan fingerprint density at radius 1 is 0.385 bits per heavy atom. The lowest BCUT2D eigenvalue weighted by Gasteiger charge is -2.27. The number of hydrogen-bond donors (Lipinski definition) is 0. The highest BCUT2D eigenvalue weighted by molar-refractivity contribution is 5.92. The van der Waals surface area contributed by atoms with Crippen LogP contribution in [0.15, 0.2) is 186 Å². The van der Waals surface area contributed by atoms with Gasteiger partial charge >= 0.3 is 0 Å². The molecule has 1 heterocycles. The van der Waals surface area contributed by atoms with Crippen LogP contribution in [0.2, 0.25) is 0 Å². The molecule has 0 saturated carbocycles. The molecule has 0 amide bonds. The van der Waals surface area contributed by atoms with Crippen LogP contribution in [-0.2, 0) is 5.41 Å². The van der Waals surface area contributed by atoms with Gasteiger partial charge in [0.2, 0.25) is 0 Å². The summed E-state index contributed by atoms with van der Waals surface area (Å²) in [6, 6.07) is 65.5. The predicted octanol–water partition coefficient (Wildman–Crippen LogP) is 14.5. The van der Waals surface area contributed by atoms with Gasteiger partial charge in [0.25, 0.3) is 0 Å². The number of anilines is 3. The summed E-state index contributed by atoms with van der Waals surface area (Å²) in [7, 11) is 0. The van der Waals surface area contributed by atoms with Crippen molar-refractivity contribution in [1.82, 2.24) is 0 Å². The highest BCUT2D eigenvalue weighted by Crippen LogP contribution is 2.44. The van der Waals surface area contributed by atoms with Crippen molar-refractivity contribution in [3.05, 3.63) is 188 Å². The van der Waals surface area contributed by atoms with Gasteiger partial charge in [0.1, 0.15) is 11.3 Å². The SMILES string of the molecule is CC(C)(C)c1c(-c2cccc(N(c3ccc(-c4ccc5ccccc5c4)cc3)c3ccc(-c4ccc5ccccc5c4)cc3)c2)oc2ccccc12. The second-order valence-electron chi connectivity index (χ2n) is 14.7. The first-order valence-electron chi connectivity index (χ1n) is 18.0. The number of para-hydroxylation sites is 1. The summed E-state index contributed by atoms with van der Waals surface area (Å²) in [4.78, 5) is 2.34. The minimum absolute atomic E-state index is 0.102. The van der Waals surface area contributed by atoms with E-state index in [1.807, 2.05) is 6.07 Å². The fraction of sp³-hybridized carbons (Fsp3) is 0.0800. The molecule has 0 fully saturated rings. The maximum atomic E-state index is 6.63. The quantitative estimate of drug-likeness (QED) is 0.175. The topological polar surface area (TPSA) is 16.4 Å². The molecule has 0 bridgehead atoms. The van der Waals surface area contributed by atoms with Crippen LogP contribution in [0.25, 0.3) is 66.1 Å². The Labute approximate surface area is 305 Å². The average Bonchev–Trinajstić information content (AvgIpc) is 3.59. The third-order valence-electron chi connectivity index (χ3n) is 10.1. The van der Waals surface area contributed by atoms with E-state index in [1.54, 1.807) is 0 Å². The third-order valence-corrected chi connectivity index (χ3v) is 10.1. The van der Waals surface area contributed by atoms with Crippen molar-refractivity contribution in [3.8, 4) is 33.6 Å². The molecule has 0 aliphatic heterocycles. The Bertz CT molecular complexity index is 2590. The van der Waals surface area contributed by atoms with Crippen LogP contribution >= 0.6 is 0 Å². The predicted molar refractivity (Wildman–Crippen MR) is 221 cm³/mol. The molecule has 0 saturated heterocycles. The van der Waals surface area contributed by atoms with E-state index in [2.05, 4.69) is 202 Å². The summed E-state index contributed by atoms with van der Waals surface area (Å²) in [5, 5.41) is 6.16. The van der Waals surface area contributed by atoms with Gasteiger partial charge in [-0.1, -0.05) is 148 Å². The van der Waals surface area contributed by atoms with Crippen LogP contribution < -0.4 is 4.90 Å². The maximum Gasteiger partial charge on any atom is 0.139 e. The van der Waals surface area contributed by atoms with E-state index in [4.69, 9.17) is 4.42 Å². The van der Waals surface area contributed by atoms with Crippen LogP contribution in [0.3, 0.4) is 0 Å². The van der Waals surface area contributed by atoms with E-state index >= 15 is 0 Å². The van der Waals surface area contributed by atoms with Crippen molar-refractivity contribution in [1.29, 1.82) is 0 Å². The molecule has 0 N–H and O–H groups in total. The van der Waals surface area contributed by atoms with E-state index in [1.165, 1.54) is 54.7 Å². The van der Waals surface area contributed by atoms with Crippen LogP contribution in [-0.4, -0.2) is 0 Å². The van der Waals surface area contributed by atoms with Gasteiger partial charge in [0, 0.05) is 33.6 Å². The van der Waals surface area contributed by atoms with Crippen molar-refractivity contribution < 1.29 is 4.42 Å². The molecule has 1 aromatic heterocycles. The highest BCUT2D eigenvalue weighted by atomic mass is 16.3. The normalized spacial score (nSPS) is 11.8. The molecular weight excluding hydrogens is 631 g/mol. The molecule has 2 nitrogen and oxygen atoms in total. The smallest absolute Gasteiger partial charge is 0.139 e.